The molecule has 0 aliphatic carbocycles. The lowest BCUT2D eigenvalue weighted by Crippen LogP contribution is -2.48. The van der Waals surface area contributed by atoms with Gasteiger partial charge in [-0.05, 0) is 19.3 Å². The zero-order valence-electron chi connectivity index (χ0n) is 18.4. The van der Waals surface area contributed by atoms with Crippen LogP contribution in [0.3, 0.4) is 0 Å². The van der Waals surface area contributed by atoms with Gasteiger partial charge in [-0.3, -0.25) is 4.79 Å². The van der Waals surface area contributed by atoms with E-state index in [0.29, 0.717) is 6.42 Å². The van der Waals surface area contributed by atoms with Crippen LogP contribution in [0.4, 0.5) is 0 Å². The van der Waals surface area contributed by atoms with E-state index in [0.717, 1.165) is 25.2 Å². The van der Waals surface area contributed by atoms with E-state index in [4.69, 9.17) is 5.11 Å². The number of aliphatic carboxylic acids is 1. The van der Waals surface area contributed by atoms with Gasteiger partial charge in [-0.15, -0.1) is 0 Å². The van der Waals surface area contributed by atoms with E-state index < -0.39 is 29.9 Å². The van der Waals surface area contributed by atoms with Crippen molar-refractivity contribution in [3.63, 3.8) is 0 Å². The van der Waals surface area contributed by atoms with Gasteiger partial charge in [-0.1, -0.05) is 90.9 Å². The van der Waals surface area contributed by atoms with Crippen molar-refractivity contribution in [3.05, 3.63) is 0 Å². The Kier molecular flexibility index (Phi) is 15.4. The Hall–Kier alpha value is -0.940. The standard InChI is InChI=1S/C23H44O5/c1-19(2)16-14-12-10-8-6-4-5-7-9-11-13-15-17-21(25)23(28,22(26)27)18-20(3)24/h19-20,24,28H,4-18H2,1-3H3,(H,26,27). The number of rotatable bonds is 19. The fourth-order valence-electron chi connectivity index (χ4n) is 3.56. The van der Waals surface area contributed by atoms with Crippen LogP contribution in [-0.2, 0) is 9.59 Å². The SMILES string of the molecule is CC(C)CCCCCCCCCCCCCCC(=O)C(O)(CC(C)O)C(=O)O. The molecule has 0 aliphatic rings. The van der Waals surface area contributed by atoms with Gasteiger partial charge in [-0.25, -0.2) is 4.79 Å². The van der Waals surface area contributed by atoms with Crippen LogP contribution in [0.1, 0.15) is 117 Å². The van der Waals surface area contributed by atoms with E-state index in [9.17, 15) is 19.8 Å². The topological polar surface area (TPSA) is 94.8 Å². The number of Topliss-reactive ketones (excluding diaryl/α,β-unsaturated/α-hetero) is 1. The van der Waals surface area contributed by atoms with E-state index in [1.54, 1.807) is 0 Å². The molecule has 0 spiro atoms. The number of carbonyl (C=O) groups excluding carboxylic acids is 1. The molecule has 5 nitrogen and oxygen atoms in total. The molecule has 2 unspecified atom stereocenters. The number of hydrogen-bond acceptors (Lipinski definition) is 4. The highest BCUT2D eigenvalue weighted by atomic mass is 16.4. The van der Waals surface area contributed by atoms with E-state index >= 15 is 0 Å². The van der Waals surface area contributed by atoms with Gasteiger partial charge in [0.2, 0.25) is 5.60 Å². The van der Waals surface area contributed by atoms with Gasteiger partial charge in [0.15, 0.2) is 5.78 Å². The summed E-state index contributed by atoms with van der Waals surface area (Å²) in [5.41, 5.74) is -2.46. The first-order valence-corrected chi connectivity index (χ1v) is 11.4. The molecule has 3 N–H and O–H groups in total. The number of carbonyl (C=O) groups is 2. The molecule has 2 atom stereocenters. The Morgan fingerprint density at radius 2 is 1.14 bits per heavy atom. The summed E-state index contributed by atoms with van der Waals surface area (Å²) in [6.45, 7) is 5.94. The predicted octanol–water partition coefficient (Wildman–Crippen LogP) is 5.26. The second-order valence-electron chi connectivity index (χ2n) is 8.82. The lowest BCUT2D eigenvalue weighted by molar-refractivity contribution is -0.168. The highest BCUT2D eigenvalue weighted by Gasteiger charge is 2.44. The van der Waals surface area contributed by atoms with Gasteiger partial charge in [0.25, 0.3) is 0 Å². The number of carboxylic acids is 1. The fraction of sp³-hybridized carbons (Fsp3) is 0.913. The lowest BCUT2D eigenvalue weighted by Gasteiger charge is -2.23. The molecule has 0 heterocycles. The average Bonchev–Trinajstić information content (AvgIpc) is 2.60. The average molecular weight is 401 g/mol. The van der Waals surface area contributed by atoms with Crippen molar-refractivity contribution < 1.29 is 24.9 Å². The molecule has 28 heavy (non-hydrogen) atoms. The van der Waals surface area contributed by atoms with E-state index in [-0.39, 0.29) is 6.42 Å². The van der Waals surface area contributed by atoms with Crippen molar-refractivity contribution in [3.8, 4) is 0 Å². The number of carboxylic acid groups (broad SMARTS) is 1. The molecule has 0 radical (unpaired) electrons. The van der Waals surface area contributed by atoms with Crippen molar-refractivity contribution in [2.45, 2.75) is 129 Å². The van der Waals surface area contributed by atoms with Gasteiger partial charge < -0.3 is 15.3 Å². The first kappa shape index (κ1) is 27.1. The highest BCUT2D eigenvalue weighted by molar-refractivity contribution is 6.06. The van der Waals surface area contributed by atoms with Crippen molar-refractivity contribution in [2.75, 3.05) is 0 Å². The smallest absolute Gasteiger partial charge is 0.343 e. The Morgan fingerprint density at radius 1 is 0.750 bits per heavy atom. The first-order valence-electron chi connectivity index (χ1n) is 11.4. The third-order valence-electron chi connectivity index (χ3n) is 5.34. The zero-order valence-corrected chi connectivity index (χ0v) is 18.4. The Morgan fingerprint density at radius 3 is 1.50 bits per heavy atom. The first-order chi connectivity index (χ1) is 13.2. The van der Waals surface area contributed by atoms with Crippen LogP contribution in [-0.4, -0.2) is 38.8 Å². The minimum absolute atomic E-state index is 0.0479. The number of hydrogen-bond donors (Lipinski definition) is 3. The summed E-state index contributed by atoms with van der Waals surface area (Å²) in [4.78, 5) is 23.2. The maximum absolute atomic E-state index is 12.0. The summed E-state index contributed by atoms with van der Waals surface area (Å²) in [5, 5.41) is 28.4. The molecular weight excluding hydrogens is 356 g/mol. The summed E-state index contributed by atoms with van der Waals surface area (Å²) in [7, 11) is 0. The molecule has 0 aromatic heterocycles. The quantitative estimate of drug-likeness (QED) is 0.203. The monoisotopic (exact) mass is 400 g/mol. The molecule has 0 aliphatic heterocycles. The molecule has 0 saturated heterocycles. The van der Waals surface area contributed by atoms with Crippen molar-refractivity contribution in [1.29, 1.82) is 0 Å². The largest absolute Gasteiger partial charge is 0.479 e. The number of unbranched alkanes of at least 4 members (excludes halogenated alkanes) is 11. The van der Waals surface area contributed by atoms with Crippen LogP contribution in [0.2, 0.25) is 0 Å². The van der Waals surface area contributed by atoms with Crippen LogP contribution < -0.4 is 0 Å². The second-order valence-corrected chi connectivity index (χ2v) is 8.82. The zero-order chi connectivity index (χ0) is 21.4. The van der Waals surface area contributed by atoms with Crippen LogP contribution in [0.15, 0.2) is 0 Å². The number of aliphatic hydroxyl groups excluding tert-OH is 1. The molecule has 166 valence electrons. The normalized spacial score (nSPS) is 14.8. The number of aliphatic hydroxyl groups is 2. The van der Waals surface area contributed by atoms with Crippen LogP contribution >= 0.6 is 0 Å². The van der Waals surface area contributed by atoms with E-state index in [1.807, 2.05) is 0 Å². The Bertz CT molecular complexity index is 419. The summed E-state index contributed by atoms with van der Waals surface area (Å²) >= 11 is 0. The minimum atomic E-state index is -2.46. The van der Waals surface area contributed by atoms with E-state index in [1.165, 1.54) is 64.7 Å². The molecular formula is C23H44O5. The third kappa shape index (κ3) is 13.3. The number of ketones is 1. The predicted molar refractivity (Wildman–Crippen MR) is 113 cm³/mol. The molecule has 0 amide bonds. The third-order valence-corrected chi connectivity index (χ3v) is 5.34. The van der Waals surface area contributed by atoms with Gasteiger partial charge in [0, 0.05) is 12.8 Å². The maximum Gasteiger partial charge on any atom is 0.343 e. The molecule has 0 aromatic rings. The highest BCUT2D eigenvalue weighted by Crippen LogP contribution is 2.20. The summed E-state index contributed by atoms with van der Waals surface area (Å²) < 4.78 is 0. The van der Waals surface area contributed by atoms with Gasteiger partial charge in [0.05, 0.1) is 6.10 Å². The molecule has 0 aromatic carbocycles. The Balaban J connectivity index is 3.59. The second kappa shape index (κ2) is 15.9. The lowest BCUT2D eigenvalue weighted by atomic mass is 9.89. The summed E-state index contributed by atoms with van der Waals surface area (Å²) in [5.74, 6) is -1.45. The molecule has 5 heteroatoms. The van der Waals surface area contributed by atoms with Gasteiger partial charge in [0.1, 0.15) is 0 Å². The summed E-state index contributed by atoms with van der Waals surface area (Å²) in [6.07, 6.45) is 14.1. The Labute approximate surface area is 171 Å². The van der Waals surface area contributed by atoms with Crippen LogP contribution in [0.25, 0.3) is 0 Å². The van der Waals surface area contributed by atoms with Crippen molar-refractivity contribution in [2.24, 2.45) is 5.92 Å². The summed E-state index contributed by atoms with van der Waals surface area (Å²) in [6, 6.07) is 0. The maximum atomic E-state index is 12.0. The van der Waals surface area contributed by atoms with E-state index in [2.05, 4.69) is 13.8 Å². The molecule has 0 bridgehead atoms. The van der Waals surface area contributed by atoms with Crippen molar-refractivity contribution in [1.82, 2.24) is 0 Å². The minimum Gasteiger partial charge on any atom is -0.479 e. The van der Waals surface area contributed by atoms with Gasteiger partial charge in [-0.2, -0.15) is 0 Å². The molecule has 0 rings (SSSR count). The molecule has 0 saturated carbocycles. The van der Waals surface area contributed by atoms with Crippen molar-refractivity contribution >= 4 is 11.8 Å². The van der Waals surface area contributed by atoms with Gasteiger partial charge >= 0.3 is 5.97 Å². The van der Waals surface area contributed by atoms with Crippen LogP contribution in [0, 0.1) is 5.92 Å². The van der Waals surface area contributed by atoms with Crippen LogP contribution in [0.5, 0.6) is 0 Å². The fourth-order valence-corrected chi connectivity index (χ4v) is 3.56. The molecule has 0 fully saturated rings.